The summed E-state index contributed by atoms with van der Waals surface area (Å²) in [6, 6.07) is 2.61. The second-order valence-electron chi connectivity index (χ2n) is 3.83. The summed E-state index contributed by atoms with van der Waals surface area (Å²) in [6.45, 7) is 0.654. The van der Waals surface area contributed by atoms with Gasteiger partial charge >= 0.3 is 4.87 Å². The summed E-state index contributed by atoms with van der Waals surface area (Å²) < 4.78 is 0. The molecule has 0 saturated heterocycles. The van der Waals surface area contributed by atoms with Crippen molar-refractivity contribution in [2.45, 2.75) is 31.8 Å². The van der Waals surface area contributed by atoms with E-state index in [-0.39, 0.29) is 10.8 Å². The zero-order chi connectivity index (χ0) is 10.7. The molecule has 2 N–H and O–H groups in total. The molecule has 1 aliphatic carbocycles. The van der Waals surface area contributed by atoms with Crippen molar-refractivity contribution in [2.24, 2.45) is 5.92 Å². The molecular weight excluding hydrogens is 210 g/mol. The highest BCUT2D eigenvalue weighted by Gasteiger charge is 2.26. The zero-order valence-electron chi connectivity index (χ0n) is 8.32. The standard InChI is InChI=1S/C10H13N3OS/c11-4-7-2-1-3-9(7)12-5-8-6-15-10(14)13-8/h6-7,9,12H,1-3,5H2,(H,13,14). The van der Waals surface area contributed by atoms with Crippen molar-refractivity contribution >= 4 is 11.3 Å². The fourth-order valence-corrected chi connectivity index (χ4v) is 2.58. The van der Waals surface area contributed by atoms with Gasteiger partial charge in [0.25, 0.3) is 0 Å². The summed E-state index contributed by atoms with van der Waals surface area (Å²) in [5.41, 5.74) is 0.911. The summed E-state index contributed by atoms with van der Waals surface area (Å²) in [4.78, 5) is 13.6. The highest BCUT2D eigenvalue weighted by Crippen LogP contribution is 2.24. The first-order valence-corrected chi connectivity index (χ1v) is 5.97. The van der Waals surface area contributed by atoms with Gasteiger partial charge in [-0.2, -0.15) is 5.26 Å². The molecule has 0 aromatic carbocycles. The Hall–Kier alpha value is -1.12. The van der Waals surface area contributed by atoms with Crippen molar-refractivity contribution in [3.63, 3.8) is 0 Å². The Morgan fingerprint density at radius 3 is 3.20 bits per heavy atom. The molecule has 4 nitrogen and oxygen atoms in total. The molecule has 80 valence electrons. The van der Waals surface area contributed by atoms with Gasteiger partial charge in [-0.1, -0.05) is 17.8 Å². The van der Waals surface area contributed by atoms with E-state index in [4.69, 9.17) is 5.26 Å². The van der Waals surface area contributed by atoms with Crippen LogP contribution < -0.4 is 10.2 Å². The molecule has 0 aliphatic heterocycles. The minimum atomic E-state index is -0.0185. The van der Waals surface area contributed by atoms with Crippen molar-refractivity contribution < 1.29 is 0 Å². The molecule has 0 radical (unpaired) electrons. The molecular formula is C10H13N3OS. The number of H-pyrrole nitrogens is 1. The Balaban J connectivity index is 1.88. The molecule has 0 bridgehead atoms. The molecule has 2 atom stereocenters. The second-order valence-corrected chi connectivity index (χ2v) is 4.67. The fourth-order valence-electron chi connectivity index (χ4n) is 2.00. The van der Waals surface area contributed by atoms with E-state index in [1.165, 1.54) is 11.3 Å². The lowest BCUT2D eigenvalue weighted by molar-refractivity contribution is 0.462. The first-order chi connectivity index (χ1) is 7.29. The number of hydrogen-bond donors (Lipinski definition) is 2. The highest BCUT2D eigenvalue weighted by molar-refractivity contribution is 7.07. The maximum atomic E-state index is 10.9. The number of thiazole rings is 1. The van der Waals surface area contributed by atoms with E-state index in [1.807, 2.05) is 5.38 Å². The molecule has 1 heterocycles. The van der Waals surface area contributed by atoms with Gasteiger partial charge in [-0.05, 0) is 12.8 Å². The maximum Gasteiger partial charge on any atom is 0.304 e. The molecule has 0 spiro atoms. The van der Waals surface area contributed by atoms with Gasteiger partial charge < -0.3 is 10.3 Å². The van der Waals surface area contributed by atoms with Crippen molar-refractivity contribution in [3.8, 4) is 6.07 Å². The van der Waals surface area contributed by atoms with Crippen molar-refractivity contribution in [2.75, 3.05) is 0 Å². The Bertz CT molecular complexity index is 417. The third-order valence-electron chi connectivity index (χ3n) is 2.81. The predicted molar refractivity (Wildman–Crippen MR) is 58.5 cm³/mol. The number of rotatable bonds is 3. The van der Waals surface area contributed by atoms with Crippen LogP contribution in [0.4, 0.5) is 0 Å². The Labute approximate surface area is 91.9 Å². The van der Waals surface area contributed by atoms with Crippen LogP contribution in [-0.2, 0) is 6.54 Å². The molecule has 1 aliphatic rings. The van der Waals surface area contributed by atoms with Crippen molar-refractivity contribution in [1.82, 2.24) is 10.3 Å². The van der Waals surface area contributed by atoms with Gasteiger partial charge in [0.2, 0.25) is 0 Å². The van der Waals surface area contributed by atoms with E-state index < -0.39 is 0 Å². The smallest absolute Gasteiger partial charge is 0.304 e. The number of aromatic nitrogens is 1. The summed E-state index contributed by atoms with van der Waals surface area (Å²) in [5, 5.41) is 14.0. The highest BCUT2D eigenvalue weighted by atomic mass is 32.1. The monoisotopic (exact) mass is 223 g/mol. The first-order valence-electron chi connectivity index (χ1n) is 5.09. The normalized spacial score (nSPS) is 25.3. The first kappa shape index (κ1) is 10.4. The Kier molecular flexibility index (Phi) is 3.19. The van der Waals surface area contributed by atoms with Crippen LogP contribution in [0.5, 0.6) is 0 Å². The summed E-state index contributed by atoms with van der Waals surface area (Å²) in [6.07, 6.45) is 3.18. The number of aromatic amines is 1. The van der Waals surface area contributed by atoms with Crippen LogP contribution in [-0.4, -0.2) is 11.0 Å². The number of hydrogen-bond acceptors (Lipinski definition) is 4. The minimum Gasteiger partial charge on any atom is -0.315 e. The van der Waals surface area contributed by atoms with Gasteiger partial charge in [-0.3, -0.25) is 4.79 Å². The zero-order valence-corrected chi connectivity index (χ0v) is 9.14. The number of nitriles is 1. The third kappa shape index (κ3) is 2.46. The molecule has 1 aromatic rings. The minimum absolute atomic E-state index is 0.0185. The summed E-state index contributed by atoms with van der Waals surface area (Å²) in [7, 11) is 0. The lowest BCUT2D eigenvalue weighted by Crippen LogP contribution is -2.31. The van der Waals surface area contributed by atoms with E-state index in [0.717, 1.165) is 25.0 Å². The molecule has 1 saturated carbocycles. The van der Waals surface area contributed by atoms with E-state index in [2.05, 4.69) is 16.4 Å². The van der Waals surface area contributed by atoms with Gasteiger partial charge in [-0.25, -0.2) is 0 Å². The van der Waals surface area contributed by atoms with Gasteiger partial charge in [0.1, 0.15) is 0 Å². The maximum absolute atomic E-state index is 10.9. The Morgan fingerprint density at radius 2 is 2.53 bits per heavy atom. The van der Waals surface area contributed by atoms with Crippen LogP contribution in [0.3, 0.4) is 0 Å². The van der Waals surface area contributed by atoms with E-state index in [0.29, 0.717) is 12.6 Å². The van der Waals surface area contributed by atoms with Gasteiger partial charge in [0, 0.05) is 23.7 Å². The van der Waals surface area contributed by atoms with Crippen LogP contribution in [0.2, 0.25) is 0 Å². The molecule has 5 heteroatoms. The second kappa shape index (κ2) is 4.60. The molecule has 0 amide bonds. The fraction of sp³-hybridized carbons (Fsp3) is 0.600. The van der Waals surface area contributed by atoms with Gasteiger partial charge in [0.15, 0.2) is 0 Å². The summed E-state index contributed by atoms with van der Waals surface area (Å²) >= 11 is 1.18. The van der Waals surface area contributed by atoms with Crippen molar-refractivity contribution in [3.05, 3.63) is 20.7 Å². The van der Waals surface area contributed by atoms with E-state index in [9.17, 15) is 4.79 Å². The molecule has 2 unspecified atom stereocenters. The average Bonchev–Trinajstić information content (AvgIpc) is 2.83. The van der Waals surface area contributed by atoms with Crippen LogP contribution in [0.15, 0.2) is 10.2 Å². The number of nitrogens with one attached hydrogen (secondary N) is 2. The lowest BCUT2D eigenvalue weighted by Gasteiger charge is -2.14. The number of nitrogens with zero attached hydrogens (tertiary/aromatic N) is 1. The molecule has 1 aromatic heterocycles. The van der Waals surface area contributed by atoms with Crippen LogP contribution in [0.1, 0.15) is 25.0 Å². The average molecular weight is 223 g/mol. The molecule has 2 rings (SSSR count). The Morgan fingerprint density at radius 1 is 1.67 bits per heavy atom. The molecule has 1 fully saturated rings. The summed E-state index contributed by atoms with van der Waals surface area (Å²) in [5.74, 6) is 0.135. The topological polar surface area (TPSA) is 68.7 Å². The van der Waals surface area contributed by atoms with Crippen LogP contribution in [0.25, 0.3) is 0 Å². The van der Waals surface area contributed by atoms with Gasteiger partial charge in [0.05, 0.1) is 12.0 Å². The molecule has 15 heavy (non-hydrogen) atoms. The van der Waals surface area contributed by atoms with Gasteiger partial charge in [-0.15, -0.1) is 0 Å². The SMILES string of the molecule is N#CC1CCCC1NCc1csc(=O)[nH]1. The van der Waals surface area contributed by atoms with Crippen LogP contribution >= 0.6 is 11.3 Å². The predicted octanol–water partition coefficient (Wildman–Crippen LogP) is 1.22. The van der Waals surface area contributed by atoms with E-state index in [1.54, 1.807) is 0 Å². The third-order valence-corrected chi connectivity index (χ3v) is 3.53. The quantitative estimate of drug-likeness (QED) is 0.809. The largest absolute Gasteiger partial charge is 0.315 e. The van der Waals surface area contributed by atoms with E-state index >= 15 is 0 Å². The van der Waals surface area contributed by atoms with Crippen molar-refractivity contribution in [1.29, 1.82) is 5.26 Å². The van der Waals surface area contributed by atoms with Crippen LogP contribution in [0, 0.1) is 17.2 Å². The lowest BCUT2D eigenvalue weighted by atomic mass is 10.1.